The van der Waals surface area contributed by atoms with Gasteiger partial charge in [0.2, 0.25) is 0 Å². The molecule has 0 amide bonds. The van der Waals surface area contributed by atoms with Crippen LogP contribution in [-0.4, -0.2) is 15.3 Å². The minimum absolute atomic E-state index is 0.710. The molecule has 0 unspecified atom stereocenters. The first kappa shape index (κ1) is 10.5. The maximum Gasteiger partial charge on any atom is 0.150 e. The minimum atomic E-state index is 0.710. The van der Waals surface area contributed by atoms with E-state index in [1.54, 1.807) is 11.3 Å². The molecule has 2 rings (SSSR count). The highest BCUT2D eigenvalue weighted by Crippen LogP contribution is 2.23. The van der Waals surface area contributed by atoms with Crippen LogP contribution in [0.1, 0.15) is 0 Å². The van der Waals surface area contributed by atoms with Crippen molar-refractivity contribution >= 4 is 24.0 Å². The second-order valence-electron chi connectivity index (χ2n) is 3.26. The van der Waals surface area contributed by atoms with Gasteiger partial charge in [-0.15, -0.1) is 11.3 Å². The number of rotatable bonds is 4. The molecule has 0 spiro atoms. The third kappa shape index (κ3) is 2.33. The van der Waals surface area contributed by atoms with Gasteiger partial charge in [-0.2, -0.15) is 12.6 Å². The third-order valence-corrected chi connectivity index (χ3v) is 3.39. The molecule has 78 valence electrons. The molecule has 0 aromatic carbocycles. The molecule has 2 heterocycles. The average molecular weight is 236 g/mol. The number of imidazole rings is 1. The normalized spacial score (nSPS) is 10.5. The van der Waals surface area contributed by atoms with Crippen molar-refractivity contribution in [2.24, 2.45) is 0 Å². The summed E-state index contributed by atoms with van der Waals surface area (Å²) in [6.07, 6.45) is 3.80. The van der Waals surface area contributed by atoms with Gasteiger partial charge in [-0.3, -0.25) is 0 Å². The molecule has 0 N–H and O–H groups in total. The van der Waals surface area contributed by atoms with Crippen molar-refractivity contribution in [3.05, 3.63) is 42.1 Å². The first-order valence-corrected chi connectivity index (χ1v) is 6.15. The zero-order valence-electron chi connectivity index (χ0n) is 8.26. The van der Waals surface area contributed by atoms with E-state index in [2.05, 4.69) is 40.2 Å². The molecular formula is C11H12N2S2. The molecule has 0 bridgehead atoms. The molecule has 0 radical (unpaired) electrons. The number of nitrogens with zero attached hydrogens (tertiary/aromatic N) is 2. The van der Waals surface area contributed by atoms with E-state index in [0.717, 1.165) is 17.9 Å². The van der Waals surface area contributed by atoms with Crippen molar-refractivity contribution in [3.8, 4) is 10.7 Å². The summed E-state index contributed by atoms with van der Waals surface area (Å²) in [6, 6.07) is 4.11. The van der Waals surface area contributed by atoms with Crippen molar-refractivity contribution < 1.29 is 0 Å². The molecule has 4 heteroatoms. The number of thiol groups is 1. The predicted octanol–water partition coefficient (Wildman–Crippen LogP) is 3.10. The van der Waals surface area contributed by atoms with Crippen LogP contribution in [0.25, 0.3) is 10.7 Å². The lowest BCUT2D eigenvalue weighted by molar-refractivity contribution is 0.798. The fourth-order valence-corrected chi connectivity index (χ4v) is 2.19. The summed E-state index contributed by atoms with van der Waals surface area (Å²) in [7, 11) is 0. The molecule has 0 fully saturated rings. The highest BCUT2D eigenvalue weighted by Gasteiger charge is 2.06. The van der Waals surface area contributed by atoms with Gasteiger partial charge in [0.25, 0.3) is 0 Å². The molecule has 0 saturated carbocycles. The van der Waals surface area contributed by atoms with Gasteiger partial charge in [-0.1, -0.05) is 12.6 Å². The highest BCUT2D eigenvalue weighted by molar-refractivity contribution is 7.80. The Morgan fingerprint density at radius 1 is 1.60 bits per heavy atom. The molecule has 0 aliphatic rings. The summed E-state index contributed by atoms with van der Waals surface area (Å²) in [5.74, 6) is 1.72. The Labute approximate surface area is 98.7 Å². The van der Waals surface area contributed by atoms with Gasteiger partial charge in [0.1, 0.15) is 5.82 Å². The molecule has 2 aromatic rings. The first-order chi connectivity index (χ1) is 7.31. The van der Waals surface area contributed by atoms with Crippen LogP contribution in [0.2, 0.25) is 0 Å². The van der Waals surface area contributed by atoms with Gasteiger partial charge in [-0.05, 0) is 17.0 Å². The number of hydrogen-bond donors (Lipinski definition) is 1. The Morgan fingerprint density at radius 3 is 3.13 bits per heavy atom. The molecule has 0 aliphatic carbocycles. The van der Waals surface area contributed by atoms with Crippen LogP contribution < -0.4 is 0 Å². The molecular weight excluding hydrogens is 224 g/mol. The predicted molar refractivity (Wildman–Crippen MR) is 68.5 cm³/mol. The Bertz CT molecular complexity index is 443. The summed E-state index contributed by atoms with van der Waals surface area (Å²) < 4.78 is 2.10. The molecule has 2 aromatic heterocycles. The summed E-state index contributed by atoms with van der Waals surface area (Å²) in [5.41, 5.74) is 1.09. The van der Waals surface area contributed by atoms with Crippen LogP contribution in [0.5, 0.6) is 0 Å². The fraction of sp³-hybridized carbons (Fsp3) is 0.182. The molecule has 0 aliphatic heterocycles. The van der Waals surface area contributed by atoms with Crippen molar-refractivity contribution in [1.82, 2.24) is 9.55 Å². The summed E-state index contributed by atoms with van der Waals surface area (Å²) in [4.78, 5) is 5.54. The highest BCUT2D eigenvalue weighted by atomic mass is 32.1. The van der Waals surface area contributed by atoms with Crippen LogP contribution >= 0.6 is 24.0 Å². The topological polar surface area (TPSA) is 17.8 Å². The van der Waals surface area contributed by atoms with Gasteiger partial charge >= 0.3 is 0 Å². The molecule has 15 heavy (non-hydrogen) atoms. The molecule has 2 nitrogen and oxygen atoms in total. The van der Waals surface area contributed by atoms with Crippen molar-refractivity contribution in [1.29, 1.82) is 0 Å². The van der Waals surface area contributed by atoms with Crippen LogP contribution in [0.15, 0.2) is 42.1 Å². The van der Waals surface area contributed by atoms with E-state index in [4.69, 9.17) is 0 Å². The molecule has 0 saturated heterocycles. The van der Waals surface area contributed by atoms with E-state index in [1.807, 2.05) is 18.5 Å². The Hall–Kier alpha value is -1.00. The van der Waals surface area contributed by atoms with E-state index < -0.39 is 0 Å². The Morgan fingerprint density at radius 2 is 2.47 bits per heavy atom. The number of hydrogen-bond acceptors (Lipinski definition) is 3. The second kappa shape index (κ2) is 4.68. The Kier molecular flexibility index (Phi) is 3.28. The lowest BCUT2D eigenvalue weighted by Crippen LogP contribution is -2.01. The summed E-state index contributed by atoms with van der Waals surface area (Å²) >= 11 is 5.90. The number of aromatic nitrogens is 2. The van der Waals surface area contributed by atoms with Crippen LogP contribution in [0, 0.1) is 0 Å². The van der Waals surface area contributed by atoms with Gasteiger partial charge in [0.15, 0.2) is 0 Å². The minimum Gasteiger partial charge on any atom is -0.326 e. The smallest absolute Gasteiger partial charge is 0.150 e. The van der Waals surface area contributed by atoms with Gasteiger partial charge in [-0.25, -0.2) is 4.98 Å². The van der Waals surface area contributed by atoms with E-state index in [1.165, 1.54) is 4.88 Å². The lowest BCUT2D eigenvalue weighted by atomic mass is 10.3. The standard InChI is InChI=1S/C11H12N2S2/c1-9(8-14)7-13-5-4-12-11(13)10-3-2-6-15-10/h2-6,14H,1,7-8H2. The largest absolute Gasteiger partial charge is 0.326 e. The Balaban J connectivity index is 2.27. The molecule has 0 atom stereocenters. The zero-order valence-corrected chi connectivity index (χ0v) is 9.97. The van der Waals surface area contributed by atoms with Gasteiger partial charge in [0.05, 0.1) is 4.88 Å². The second-order valence-corrected chi connectivity index (χ2v) is 4.53. The SMILES string of the molecule is C=C(CS)Cn1ccnc1-c1cccs1. The number of thiophene rings is 1. The van der Waals surface area contributed by atoms with E-state index in [0.29, 0.717) is 5.75 Å². The maximum atomic E-state index is 4.35. The first-order valence-electron chi connectivity index (χ1n) is 4.64. The summed E-state index contributed by atoms with van der Waals surface area (Å²) in [6.45, 7) is 4.74. The van der Waals surface area contributed by atoms with Gasteiger partial charge < -0.3 is 4.57 Å². The van der Waals surface area contributed by atoms with Gasteiger partial charge in [0, 0.05) is 24.7 Å². The van der Waals surface area contributed by atoms with E-state index in [-0.39, 0.29) is 0 Å². The average Bonchev–Trinajstić information content (AvgIpc) is 2.86. The van der Waals surface area contributed by atoms with Crippen molar-refractivity contribution in [2.45, 2.75) is 6.54 Å². The van der Waals surface area contributed by atoms with Crippen LogP contribution in [0.4, 0.5) is 0 Å². The lowest BCUT2D eigenvalue weighted by Gasteiger charge is -2.06. The quantitative estimate of drug-likeness (QED) is 0.638. The maximum absolute atomic E-state index is 4.35. The third-order valence-electron chi connectivity index (χ3n) is 2.07. The van der Waals surface area contributed by atoms with E-state index >= 15 is 0 Å². The van der Waals surface area contributed by atoms with Crippen molar-refractivity contribution in [2.75, 3.05) is 5.75 Å². The van der Waals surface area contributed by atoms with Crippen molar-refractivity contribution in [3.63, 3.8) is 0 Å². The van der Waals surface area contributed by atoms with Crippen LogP contribution in [-0.2, 0) is 6.54 Å². The zero-order chi connectivity index (χ0) is 10.7. The van der Waals surface area contributed by atoms with E-state index in [9.17, 15) is 0 Å². The summed E-state index contributed by atoms with van der Waals surface area (Å²) in [5, 5.41) is 2.06. The fourth-order valence-electron chi connectivity index (χ4n) is 1.36. The monoisotopic (exact) mass is 236 g/mol. The van der Waals surface area contributed by atoms with Crippen LogP contribution in [0.3, 0.4) is 0 Å².